The maximum absolute atomic E-state index is 11.7. The maximum Gasteiger partial charge on any atom is 0.337 e. The summed E-state index contributed by atoms with van der Waals surface area (Å²) in [6.45, 7) is 2.01. The van der Waals surface area contributed by atoms with Crippen molar-refractivity contribution >= 4 is 29.0 Å². The topological polar surface area (TPSA) is 72.7 Å². The number of esters is 1. The number of benzene rings is 2. The molecule has 132 valence electrons. The number of ether oxygens (including phenoxy) is 1. The molecule has 0 saturated heterocycles. The average Bonchev–Trinajstić information content (AvgIpc) is 2.99. The molecule has 2 aromatic carbocycles. The van der Waals surface area contributed by atoms with Crippen molar-refractivity contribution in [2.75, 3.05) is 7.11 Å². The molecule has 1 heterocycles. The first kappa shape index (κ1) is 17.4. The highest BCUT2D eigenvalue weighted by molar-refractivity contribution is 5.99. The molecule has 0 spiro atoms. The van der Waals surface area contributed by atoms with Gasteiger partial charge in [-0.25, -0.2) is 10.2 Å². The van der Waals surface area contributed by atoms with Gasteiger partial charge in [-0.2, -0.15) is 5.10 Å². The second kappa shape index (κ2) is 7.65. The molecule has 3 aromatic rings. The Balaban J connectivity index is 1.94. The number of hydrogen-bond donors (Lipinski definition) is 1. The number of hydrogen-bond acceptors (Lipinski definition) is 4. The Bertz CT molecular complexity index is 989. The van der Waals surface area contributed by atoms with E-state index in [4.69, 9.17) is 4.74 Å². The van der Waals surface area contributed by atoms with Crippen LogP contribution in [-0.2, 0) is 16.1 Å². The lowest BCUT2D eigenvalue weighted by Crippen LogP contribution is -2.12. The smallest absolute Gasteiger partial charge is 0.337 e. The molecule has 0 fully saturated rings. The molecule has 6 heteroatoms. The first-order valence-electron chi connectivity index (χ1n) is 8.13. The Morgan fingerprint density at radius 3 is 2.77 bits per heavy atom. The molecule has 0 aliphatic carbocycles. The number of hydrazone groups is 1. The molecule has 1 N–H and O–H groups in total. The Morgan fingerprint density at radius 2 is 2.00 bits per heavy atom. The minimum Gasteiger partial charge on any atom is -0.465 e. The van der Waals surface area contributed by atoms with Crippen molar-refractivity contribution in [2.45, 2.75) is 13.5 Å². The van der Waals surface area contributed by atoms with E-state index < -0.39 is 0 Å². The van der Waals surface area contributed by atoms with Crippen LogP contribution in [0.15, 0.2) is 59.8 Å². The van der Waals surface area contributed by atoms with Gasteiger partial charge >= 0.3 is 5.97 Å². The van der Waals surface area contributed by atoms with Crippen molar-refractivity contribution in [2.24, 2.45) is 5.10 Å². The first-order valence-corrected chi connectivity index (χ1v) is 8.13. The van der Waals surface area contributed by atoms with Crippen molar-refractivity contribution in [3.05, 3.63) is 71.4 Å². The van der Waals surface area contributed by atoms with Crippen molar-refractivity contribution < 1.29 is 14.3 Å². The van der Waals surface area contributed by atoms with Gasteiger partial charge in [-0.1, -0.05) is 30.3 Å². The number of carbonyl (C=O) groups is 2. The molecular weight excluding hydrogens is 330 g/mol. The van der Waals surface area contributed by atoms with Crippen LogP contribution in [0.4, 0.5) is 0 Å². The van der Waals surface area contributed by atoms with Gasteiger partial charge in [-0.3, -0.25) is 4.79 Å². The molecule has 1 amide bonds. The van der Waals surface area contributed by atoms with Crippen molar-refractivity contribution in [1.82, 2.24) is 9.99 Å². The van der Waals surface area contributed by atoms with E-state index in [2.05, 4.69) is 15.1 Å². The number of fused-ring (bicyclic) bond motifs is 1. The maximum atomic E-state index is 11.7. The molecule has 0 aliphatic heterocycles. The molecule has 0 radical (unpaired) electrons. The zero-order valence-electron chi connectivity index (χ0n) is 14.6. The summed E-state index contributed by atoms with van der Waals surface area (Å²) in [7, 11) is 1.37. The molecule has 1 aromatic heterocycles. The highest BCUT2D eigenvalue weighted by atomic mass is 16.5. The number of nitrogens with zero attached hydrogens (tertiary/aromatic N) is 2. The molecular formula is C20H19N3O3. The second-order valence-corrected chi connectivity index (χ2v) is 5.85. The number of carbonyl (C=O) groups excluding carboxylic acids is 2. The highest BCUT2D eigenvalue weighted by Crippen LogP contribution is 2.21. The van der Waals surface area contributed by atoms with Crippen LogP contribution in [-0.4, -0.2) is 29.8 Å². The molecule has 26 heavy (non-hydrogen) atoms. The van der Waals surface area contributed by atoms with Gasteiger partial charge in [0.1, 0.15) is 0 Å². The summed E-state index contributed by atoms with van der Waals surface area (Å²) in [6, 6.07) is 15.3. The zero-order chi connectivity index (χ0) is 18.5. The van der Waals surface area contributed by atoms with Crippen LogP contribution in [0.25, 0.3) is 10.9 Å². The van der Waals surface area contributed by atoms with Gasteiger partial charge in [0.25, 0.3) is 0 Å². The highest BCUT2D eigenvalue weighted by Gasteiger charge is 2.09. The lowest BCUT2D eigenvalue weighted by atomic mass is 10.1. The van der Waals surface area contributed by atoms with Gasteiger partial charge in [-0.05, 0) is 23.8 Å². The number of para-hydroxylation sites is 1. The minimum absolute atomic E-state index is 0.218. The van der Waals surface area contributed by atoms with Crippen LogP contribution >= 0.6 is 0 Å². The van der Waals surface area contributed by atoms with E-state index in [1.165, 1.54) is 14.0 Å². The van der Waals surface area contributed by atoms with Crippen LogP contribution in [0.5, 0.6) is 0 Å². The fourth-order valence-corrected chi connectivity index (χ4v) is 2.81. The van der Waals surface area contributed by atoms with Gasteiger partial charge in [0.2, 0.25) is 5.91 Å². The largest absolute Gasteiger partial charge is 0.465 e. The van der Waals surface area contributed by atoms with E-state index in [9.17, 15) is 9.59 Å². The SMILES string of the molecule is COC(=O)c1cccc(Cn2cc(/C=N\NC(C)=O)c3ccccc32)c1. The predicted molar refractivity (Wildman–Crippen MR) is 100 cm³/mol. The summed E-state index contributed by atoms with van der Waals surface area (Å²) < 4.78 is 6.87. The second-order valence-electron chi connectivity index (χ2n) is 5.85. The quantitative estimate of drug-likeness (QED) is 0.437. The molecule has 3 rings (SSSR count). The van der Waals surface area contributed by atoms with Crippen LogP contribution in [0, 0.1) is 0 Å². The standard InChI is InChI=1S/C20H19N3O3/c1-14(24)22-21-11-17-13-23(19-9-4-3-8-18(17)19)12-15-6-5-7-16(10-15)20(25)26-2/h3-11,13H,12H2,1-2H3,(H,22,24)/b21-11-. The third-order valence-corrected chi connectivity index (χ3v) is 3.95. The Kier molecular flexibility index (Phi) is 5.12. The monoisotopic (exact) mass is 349 g/mol. The van der Waals surface area contributed by atoms with Crippen LogP contribution in [0.1, 0.15) is 28.4 Å². The lowest BCUT2D eigenvalue weighted by Gasteiger charge is -2.07. The average molecular weight is 349 g/mol. The summed E-state index contributed by atoms with van der Waals surface area (Å²) in [6.07, 6.45) is 3.60. The van der Waals surface area contributed by atoms with Crippen LogP contribution < -0.4 is 5.43 Å². The fourth-order valence-electron chi connectivity index (χ4n) is 2.81. The van der Waals surface area contributed by atoms with Crippen LogP contribution in [0.3, 0.4) is 0 Å². The van der Waals surface area contributed by atoms with Gasteiger partial charge in [0.15, 0.2) is 0 Å². The molecule has 6 nitrogen and oxygen atoms in total. The predicted octanol–water partition coefficient (Wildman–Crippen LogP) is 2.95. The third kappa shape index (κ3) is 3.80. The summed E-state index contributed by atoms with van der Waals surface area (Å²) in [4.78, 5) is 22.7. The van der Waals surface area contributed by atoms with E-state index in [1.54, 1.807) is 12.3 Å². The van der Waals surface area contributed by atoms with E-state index in [0.717, 1.165) is 22.0 Å². The van der Waals surface area contributed by atoms with Gasteiger partial charge in [0, 0.05) is 36.1 Å². The Hall–Kier alpha value is -3.41. The van der Waals surface area contributed by atoms with Gasteiger partial charge < -0.3 is 9.30 Å². The van der Waals surface area contributed by atoms with Crippen molar-refractivity contribution in [3.8, 4) is 0 Å². The van der Waals surface area contributed by atoms with Crippen molar-refractivity contribution in [1.29, 1.82) is 0 Å². The summed E-state index contributed by atoms with van der Waals surface area (Å²) in [5.41, 5.74) is 5.86. The Morgan fingerprint density at radius 1 is 1.19 bits per heavy atom. The zero-order valence-corrected chi connectivity index (χ0v) is 14.6. The van der Waals surface area contributed by atoms with E-state index in [1.807, 2.05) is 48.7 Å². The van der Waals surface area contributed by atoms with E-state index >= 15 is 0 Å². The molecule has 0 unspecified atom stereocenters. The van der Waals surface area contributed by atoms with Crippen LogP contribution in [0.2, 0.25) is 0 Å². The lowest BCUT2D eigenvalue weighted by molar-refractivity contribution is -0.118. The molecule has 0 saturated carbocycles. The number of aromatic nitrogens is 1. The molecule has 0 atom stereocenters. The van der Waals surface area contributed by atoms with E-state index in [-0.39, 0.29) is 11.9 Å². The Labute approximate surface area is 151 Å². The first-order chi connectivity index (χ1) is 12.6. The van der Waals surface area contributed by atoms with E-state index in [0.29, 0.717) is 12.1 Å². The number of nitrogens with one attached hydrogen (secondary N) is 1. The molecule has 0 aliphatic rings. The van der Waals surface area contributed by atoms with Crippen molar-refractivity contribution in [3.63, 3.8) is 0 Å². The minimum atomic E-state index is -0.354. The number of rotatable bonds is 5. The molecule has 0 bridgehead atoms. The third-order valence-electron chi connectivity index (χ3n) is 3.95. The fraction of sp³-hybridized carbons (Fsp3) is 0.150. The van der Waals surface area contributed by atoms with Gasteiger partial charge in [-0.15, -0.1) is 0 Å². The van der Waals surface area contributed by atoms with Gasteiger partial charge in [0.05, 0.1) is 18.9 Å². The number of amides is 1. The summed E-state index contributed by atoms with van der Waals surface area (Å²) in [5, 5.41) is 4.99. The summed E-state index contributed by atoms with van der Waals surface area (Å²) >= 11 is 0. The summed E-state index contributed by atoms with van der Waals surface area (Å²) in [5.74, 6) is -0.572. The normalized spacial score (nSPS) is 11.0. The number of methoxy groups -OCH3 is 1.